The third kappa shape index (κ3) is 4.61. The highest BCUT2D eigenvalue weighted by molar-refractivity contribution is 7.17. The Morgan fingerprint density at radius 2 is 2.20 bits per heavy atom. The van der Waals surface area contributed by atoms with E-state index in [0.29, 0.717) is 23.7 Å². The highest BCUT2D eigenvalue weighted by atomic mass is 35.5. The van der Waals surface area contributed by atoms with Crippen LogP contribution in [0.4, 0.5) is 0 Å². The fourth-order valence-corrected chi connectivity index (χ4v) is 4.42. The van der Waals surface area contributed by atoms with Gasteiger partial charge in [-0.1, -0.05) is 17.7 Å². The molecule has 0 radical (unpaired) electrons. The molecule has 0 spiro atoms. The minimum Gasteiger partial charge on any atom is -0.486 e. The molecule has 1 aliphatic rings. The van der Waals surface area contributed by atoms with Gasteiger partial charge in [-0.05, 0) is 54.5 Å². The Morgan fingerprint density at radius 3 is 2.93 bits per heavy atom. The van der Waals surface area contributed by atoms with Crippen LogP contribution < -0.4 is 10.1 Å². The summed E-state index contributed by atoms with van der Waals surface area (Å²) in [5.41, 5.74) is 2.82. The zero-order chi connectivity index (χ0) is 21.1. The molecule has 152 valence electrons. The number of halogens is 1. The van der Waals surface area contributed by atoms with Gasteiger partial charge in [0, 0.05) is 35.3 Å². The van der Waals surface area contributed by atoms with Crippen LogP contribution in [0.25, 0.3) is 16.5 Å². The number of hydrogen-bond acceptors (Lipinski definition) is 5. The molecule has 5 nitrogen and oxygen atoms in total. The number of amides is 1. The van der Waals surface area contributed by atoms with Crippen molar-refractivity contribution >= 4 is 40.7 Å². The first-order chi connectivity index (χ1) is 14.5. The molecule has 3 heterocycles. The van der Waals surface area contributed by atoms with Crippen molar-refractivity contribution in [2.24, 2.45) is 0 Å². The predicted octanol–water partition coefficient (Wildman–Crippen LogP) is 4.80. The van der Waals surface area contributed by atoms with E-state index < -0.39 is 0 Å². The summed E-state index contributed by atoms with van der Waals surface area (Å²) in [7, 11) is 0. The maximum atomic E-state index is 12.1. The third-order valence-electron chi connectivity index (χ3n) is 4.71. The Kier molecular flexibility index (Phi) is 5.97. The number of carbonyl (C=O) groups is 2. The monoisotopic (exact) mass is 438 g/mol. The second-order valence-corrected chi connectivity index (χ2v) is 8.47. The number of pyridine rings is 1. The molecule has 2 aromatic heterocycles. The average Bonchev–Trinajstić information content (AvgIpc) is 3.39. The highest BCUT2D eigenvalue weighted by Crippen LogP contribution is 2.41. The number of ether oxygens (including phenoxy) is 1. The molecule has 0 unspecified atom stereocenters. The summed E-state index contributed by atoms with van der Waals surface area (Å²) in [4.78, 5) is 29.4. The molecule has 0 fully saturated rings. The van der Waals surface area contributed by atoms with Crippen LogP contribution in [0.15, 0.2) is 54.9 Å². The molecule has 1 aromatic carbocycles. The molecule has 7 heteroatoms. The van der Waals surface area contributed by atoms with Crippen LogP contribution in [0, 0.1) is 0 Å². The van der Waals surface area contributed by atoms with E-state index in [1.165, 1.54) is 17.4 Å². The van der Waals surface area contributed by atoms with E-state index >= 15 is 0 Å². The smallest absolute Gasteiger partial charge is 0.244 e. The molecule has 1 amide bonds. The quantitative estimate of drug-likeness (QED) is 0.443. The van der Waals surface area contributed by atoms with Gasteiger partial charge in [0.15, 0.2) is 5.78 Å². The Morgan fingerprint density at radius 1 is 1.33 bits per heavy atom. The Bertz CT molecular complexity index is 1120. The number of rotatable bonds is 6. The van der Waals surface area contributed by atoms with E-state index in [1.807, 2.05) is 36.4 Å². The van der Waals surface area contributed by atoms with Gasteiger partial charge in [0.1, 0.15) is 11.9 Å². The molecule has 0 saturated heterocycles. The van der Waals surface area contributed by atoms with Crippen molar-refractivity contribution in [2.45, 2.75) is 19.4 Å². The van der Waals surface area contributed by atoms with Gasteiger partial charge in [-0.15, -0.1) is 11.3 Å². The molecule has 0 bridgehead atoms. The number of fused-ring (bicyclic) bond motifs is 1. The second-order valence-electron chi connectivity index (χ2n) is 6.98. The summed E-state index contributed by atoms with van der Waals surface area (Å²) >= 11 is 7.90. The van der Waals surface area contributed by atoms with Crippen molar-refractivity contribution in [1.29, 1.82) is 0 Å². The molecule has 0 aliphatic carbocycles. The van der Waals surface area contributed by atoms with Gasteiger partial charge in [0.2, 0.25) is 5.91 Å². The van der Waals surface area contributed by atoms with Crippen molar-refractivity contribution in [3.8, 4) is 16.2 Å². The topological polar surface area (TPSA) is 68.3 Å². The van der Waals surface area contributed by atoms with Crippen LogP contribution in [-0.4, -0.2) is 29.3 Å². The summed E-state index contributed by atoms with van der Waals surface area (Å²) in [5, 5.41) is 3.39. The number of hydrogen-bond donors (Lipinski definition) is 1. The van der Waals surface area contributed by atoms with Crippen LogP contribution in [-0.2, 0) is 11.2 Å². The van der Waals surface area contributed by atoms with Gasteiger partial charge >= 0.3 is 0 Å². The van der Waals surface area contributed by atoms with Crippen molar-refractivity contribution in [3.05, 3.63) is 75.9 Å². The van der Waals surface area contributed by atoms with E-state index in [0.717, 1.165) is 26.4 Å². The van der Waals surface area contributed by atoms with Gasteiger partial charge in [-0.2, -0.15) is 0 Å². The Balaban J connectivity index is 1.39. The number of aromatic nitrogens is 1. The zero-order valence-corrected chi connectivity index (χ0v) is 17.8. The Hall–Kier alpha value is -2.96. The molecule has 1 atom stereocenters. The average molecular weight is 439 g/mol. The molecule has 1 aliphatic heterocycles. The lowest BCUT2D eigenvalue weighted by atomic mass is 10.1. The Labute approximate surface area is 183 Å². The van der Waals surface area contributed by atoms with E-state index in [1.54, 1.807) is 25.4 Å². The third-order valence-corrected chi connectivity index (χ3v) is 6.22. The fourth-order valence-electron chi connectivity index (χ4n) is 3.25. The number of carbonyl (C=O) groups excluding carboxylic acids is 2. The van der Waals surface area contributed by atoms with Crippen molar-refractivity contribution in [2.75, 3.05) is 6.54 Å². The lowest BCUT2D eigenvalue weighted by Crippen LogP contribution is -2.33. The standard InChI is InChI=1S/C23H19ClN2O3S/c1-14(27)20-5-6-21(30-20)16-9-17-10-18(29-23(17)19(24)11-16)13-26-22(28)7-4-15-3-2-8-25-12-15/h2-9,11-12,18H,10,13H2,1H3,(H,26,28)/b7-4+/t18-/m1/s1. The van der Waals surface area contributed by atoms with Crippen LogP contribution >= 0.6 is 22.9 Å². The summed E-state index contributed by atoms with van der Waals surface area (Å²) < 4.78 is 5.95. The van der Waals surface area contributed by atoms with Crippen LogP contribution in [0.2, 0.25) is 5.02 Å². The van der Waals surface area contributed by atoms with Gasteiger partial charge in [-0.25, -0.2) is 0 Å². The minimum atomic E-state index is -0.194. The lowest BCUT2D eigenvalue weighted by Gasteiger charge is -2.11. The number of nitrogens with zero attached hydrogens (tertiary/aromatic N) is 1. The van der Waals surface area contributed by atoms with Gasteiger partial charge in [0.25, 0.3) is 0 Å². The molecular formula is C23H19ClN2O3S. The molecule has 4 rings (SSSR count). The van der Waals surface area contributed by atoms with Gasteiger partial charge in [0.05, 0.1) is 16.4 Å². The number of ketones is 1. The normalized spacial score (nSPS) is 15.1. The number of Topliss-reactive ketones (excluding diaryl/α,β-unsaturated/α-hetero) is 1. The zero-order valence-electron chi connectivity index (χ0n) is 16.2. The SMILES string of the molecule is CC(=O)c1ccc(-c2cc(Cl)c3c(c2)C[C@H](CNC(=O)/C=C/c2cccnc2)O3)s1. The van der Waals surface area contributed by atoms with Crippen LogP contribution in [0.3, 0.4) is 0 Å². The largest absolute Gasteiger partial charge is 0.486 e. The van der Waals surface area contributed by atoms with Crippen LogP contribution in [0.1, 0.15) is 27.7 Å². The van der Waals surface area contributed by atoms with Crippen LogP contribution in [0.5, 0.6) is 5.75 Å². The van der Waals surface area contributed by atoms with Crippen molar-refractivity contribution in [1.82, 2.24) is 10.3 Å². The maximum absolute atomic E-state index is 12.1. The van der Waals surface area contributed by atoms with Crippen molar-refractivity contribution in [3.63, 3.8) is 0 Å². The first-order valence-electron chi connectivity index (χ1n) is 9.46. The first-order valence-corrected chi connectivity index (χ1v) is 10.6. The lowest BCUT2D eigenvalue weighted by molar-refractivity contribution is -0.116. The molecule has 3 aromatic rings. The van der Waals surface area contributed by atoms with E-state index in [-0.39, 0.29) is 17.8 Å². The highest BCUT2D eigenvalue weighted by Gasteiger charge is 2.26. The molecular weight excluding hydrogens is 420 g/mol. The van der Waals surface area contributed by atoms with Gasteiger partial charge < -0.3 is 10.1 Å². The summed E-state index contributed by atoms with van der Waals surface area (Å²) in [6.07, 6.45) is 7.04. The van der Waals surface area contributed by atoms with E-state index in [2.05, 4.69) is 10.3 Å². The van der Waals surface area contributed by atoms with E-state index in [4.69, 9.17) is 16.3 Å². The predicted molar refractivity (Wildman–Crippen MR) is 119 cm³/mol. The number of thiophene rings is 1. The summed E-state index contributed by atoms with van der Waals surface area (Å²) in [6, 6.07) is 11.4. The number of benzene rings is 1. The fraction of sp³-hybridized carbons (Fsp3) is 0.174. The van der Waals surface area contributed by atoms with E-state index in [9.17, 15) is 9.59 Å². The minimum absolute atomic E-state index is 0.0511. The molecule has 0 saturated carbocycles. The second kappa shape index (κ2) is 8.81. The maximum Gasteiger partial charge on any atom is 0.244 e. The summed E-state index contributed by atoms with van der Waals surface area (Å²) in [5.74, 6) is 0.518. The molecule has 1 N–H and O–H groups in total. The first kappa shape index (κ1) is 20.3. The van der Waals surface area contributed by atoms with Gasteiger partial charge in [-0.3, -0.25) is 14.6 Å². The van der Waals surface area contributed by atoms with Crippen molar-refractivity contribution < 1.29 is 14.3 Å². The molecule has 30 heavy (non-hydrogen) atoms. The number of nitrogens with one attached hydrogen (secondary N) is 1. The summed E-state index contributed by atoms with van der Waals surface area (Å²) in [6.45, 7) is 1.94.